The normalized spacial score (nSPS) is 15.7. The molecule has 0 unspecified atom stereocenters. The van der Waals surface area contributed by atoms with Crippen LogP contribution in [0, 0.1) is 0 Å². The lowest BCUT2D eigenvalue weighted by molar-refractivity contribution is 0.401. The zero-order valence-electron chi connectivity index (χ0n) is 9.68. The molecule has 0 aromatic carbocycles. The third-order valence-corrected chi connectivity index (χ3v) is 4.12. The third kappa shape index (κ3) is 3.03. The molecule has 84 valence electrons. The highest BCUT2D eigenvalue weighted by Crippen LogP contribution is 2.26. The monoisotopic (exact) mass is 224 g/mol. The summed E-state index contributed by atoms with van der Waals surface area (Å²) in [6, 6.07) is 2.40. The summed E-state index contributed by atoms with van der Waals surface area (Å²) in [6.07, 6.45) is 3.75. The van der Waals surface area contributed by atoms with E-state index in [9.17, 15) is 0 Å². The van der Waals surface area contributed by atoms with Gasteiger partial charge in [-0.05, 0) is 51.5 Å². The van der Waals surface area contributed by atoms with Crippen LogP contribution in [0.4, 0.5) is 0 Å². The van der Waals surface area contributed by atoms with Gasteiger partial charge in [-0.15, -0.1) is 11.3 Å². The minimum Gasteiger partial charge on any atom is -0.312 e. The summed E-state index contributed by atoms with van der Waals surface area (Å²) in [6.45, 7) is 3.44. The highest BCUT2D eigenvalue weighted by Gasteiger charge is 2.12. The van der Waals surface area contributed by atoms with Gasteiger partial charge < -0.3 is 10.2 Å². The molecule has 0 aliphatic carbocycles. The highest BCUT2D eigenvalue weighted by molar-refractivity contribution is 7.12. The second-order valence-corrected chi connectivity index (χ2v) is 5.72. The number of rotatable bonds is 4. The maximum atomic E-state index is 3.43. The van der Waals surface area contributed by atoms with Crippen molar-refractivity contribution in [3.63, 3.8) is 0 Å². The first-order chi connectivity index (χ1) is 7.25. The van der Waals surface area contributed by atoms with E-state index >= 15 is 0 Å². The number of nitrogens with zero attached hydrogens (tertiary/aromatic N) is 1. The molecule has 0 spiro atoms. The molecule has 0 fully saturated rings. The molecule has 2 nitrogen and oxygen atoms in total. The highest BCUT2D eigenvalue weighted by atomic mass is 32.1. The van der Waals surface area contributed by atoms with E-state index in [1.165, 1.54) is 25.8 Å². The maximum Gasteiger partial charge on any atom is 0.0216 e. The summed E-state index contributed by atoms with van der Waals surface area (Å²) >= 11 is 2.03. The Kier molecular flexibility index (Phi) is 3.78. The van der Waals surface area contributed by atoms with E-state index in [0.29, 0.717) is 0 Å². The van der Waals surface area contributed by atoms with Crippen molar-refractivity contribution in [1.29, 1.82) is 0 Å². The molecule has 0 bridgehead atoms. The van der Waals surface area contributed by atoms with Crippen LogP contribution in [-0.4, -0.2) is 32.1 Å². The Morgan fingerprint density at radius 2 is 2.33 bits per heavy atom. The molecule has 0 saturated carbocycles. The number of nitrogens with one attached hydrogen (secondary N) is 1. The number of thiophene rings is 1. The van der Waals surface area contributed by atoms with Crippen LogP contribution >= 0.6 is 11.3 Å². The van der Waals surface area contributed by atoms with Gasteiger partial charge in [0.2, 0.25) is 0 Å². The van der Waals surface area contributed by atoms with Gasteiger partial charge in [-0.1, -0.05) is 0 Å². The number of aryl methyl sites for hydroxylation is 1. The number of hydrogen-bond acceptors (Lipinski definition) is 3. The molecule has 1 aliphatic heterocycles. The SMILES string of the molecule is CN(C)CCCc1cc2c(s1)CCNC2. The summed E-state index contributed by atoms with van der Waals surface area (Å²) in [4.78, 5) is 5.45. The first-order valence-electron chi connectivity index (χ1n) is 5.71. The van der Waals surface area contributed by atoms with Crippen LogP contribution in [0.1, 0.15) is 21.7 Å². The van der Waals surface area contributed by atoms with Crippen LogP contribution in [0.15, 0.2) is 6.07 Å². The van der Waals surface area contributed by atoms with Gasteiger partial charge in [-0.25, -0.2) is 0 Å². The summed E-state index contributed by atoms with van der Waals surface area (Å²) in [7, 11) is 4.28. The van der Waals surface area contributed by atoms with Crippen molar-refractivity contribution in [3.8, 4) is 0 Å². The molecule has 1 N–H and O–H groups in total. The quantitative estimate of drug-likeness (QED) is 0.840. The Balaban J connectivity index is 1.89. The van der Waals surface area contributed by atoms with Crippen LogP contribution in [0.25, 0.3) is 0 Å². The number of fused-ring (bicyclic) bond motifs is 1. The average Bonchev–Trinajstić information content (AvgIpc) is 2.59. The molecule has 0 amide bonds. The lowest BCUT2D eigenvalue weighted by atomic mass is 10.1. The van der Waals surface area contributed by atoms with Crippen molar-refractivity contribution in [2.45, 2.75) is 25.8 Å². The first kappa shape index (κ1) is 11.1. The fraction of sp³-hybridized carbons (Fsp3) is 0.667. The molecule has 1 aliphatic rings. The van der Waals surface area contributed by atoms with Crippen molar-refractivity contribution >= 4 is 11.3 Å². The minimum atomic E-state index is 1.08. The van der Waals surface area contributed by atoms with Gasteiger partial charge in [0.25, 0.3) is 0 Å². The van der Waals surface area contributed by atoms with Gasteiger partial charge in [0.1, 0.15) is 0 Å². The third-order valence-electron chi connectivity index (χ3n) is 2.82. The molecule has 0 radical (unpaired) electrons. The van der Waals surface area contributed by atoms with E-state index in [1.807, 2.05) is 11.3 Å². The van der Waals surface area contributed by atoms with E-state index in [-0.39, 0.29) is 0 Å². The zero-order chi connectivity index (χ0) is 10.7. The summed E-state index contributed by atoms with van der Waals surface area (Å²) < 4.78 is 0. The van der Waals surface area contributed by atoms with Crippen LogP contribution < -0.4 is 5.32 Å². The number of hydrogen-bond donors (Lipinski definition) is 1. The zero-order valence-corrected chi connectivity index (χ0v) is 10.5. The molecule has 2 rings (SSSR count). The topological polar surface area (TPSA) is 15.3 Å². The minimum absolute atomic E-state index is 1.08. The van der Waals surface area contributed by atoms with Crippen LogP contribution in [0.3, 0.4) is 0 Å². The lowest BCUT2D eigenvalue weighted by Crippen LogP contribution is -2.21. The van der Waals surface area contributed by atoms with E-state index in [0.717, 1.165) is 13.1 Å². The van der Waals surface area contributed by atoms with Crippen molar-refractivity contribution in [1.82, 2.24) is 10.2 Å². The second-order valence-electron chi connectivity index (χ2n) is 4.49. The van der Waals surface area contributed by atoms with Gasteiger partial charge in [-0.2, -0.15) is 0 Å². The molecule has 1 aromatic rings. The second kappa shape index (κ2) is 5.10. The molecule has 0 atom stereocenters. The van der Waals surface area contributed by atoms with Crippen LogP contribution in [-0.2, 0) is 19.4 Å². The van der Waals surface area contributed by atoms with Crippen molar-refractivity contribution < 1.29 is 0 Å². The fourth-order valence-corrected chi connectivity index (χ4v) is 3.24. The molecule has 3 heteroatoms. The van der Waals surface area contributed by atoms with Gasteiger partial charge >= 0.3 is 0 Å². The van der Waals surface area contributed by atoms with Crippen molar-refractivity contribution in [2.24, 2.45) is 0 Å². The summed E-state index contributed by atoms with van der Waals surface area (Å²) in [5, 5.41) is 3.43. The van der Waals surface area contributed by atoms with E-state index < -0.39 is 0 Å². The van der Waals surface area contributed by atoms with Gasteiger partial charge in [0.05, 0.1) is 0 Å². The predicted octanol–water partition coefficient (Wildman–Crippen LogP) is 1.89. The van der Waals surface area contributed by atoms with E-state index in [4.69, 9.17) is 0 Å². The maximum absolute atomic E-state index is 3.43. The lowest BCUT2D eigenvalue weighted by Gasteiger charge is -2.10. The predicted molar refractivity (Wildman–Crippen MR) is 66.6 cm³/mol. The van der Waals surface area contributed by atoms with Gasteiger partial charge in [0.15, 0.2) is 0 Å². The van der Waals surface area contributed by atoms with Crippen LogP contribution in [0.2, 0.25) is 0 Å². The molecular formula is C12H20N2S. The van der Waals surface area contributed by atoms with Crippen LogP contribution in [0.5, 0.6) is 0 Å². The Bertz CT molecular complexity index is 294. The first-order valence-corrected chi connectivity index (χ1v) is 6.53. The fourth-order valence-electron chi connectivity index (χ4n) is 2.01. The Morgan fingerprint density at radius 1 is 1.47 bits per heavy atom. The largest absolute Gasteiger partial charge is 0.312 e. The summed E-state index contributed by atoms with van der Waals surface area (Å²) in [5.41, 5.74) is 1.55. The smallest absolute Gasteiger partial charge is 0.0216 e. The molecule has 2 heterocycles. The van der Waals surface area contributed by atoms with E-state index in [1.54, 1.807) is 15.3 Å². The molecule has 15 heavy (non-hydrogen) atoms. The van der Waals surface area contributed by atoms with Crippen molar-refractivity contribution in [3.05, 3.63) is 21.4 Å². The molecule has 0 saturated heterocycles. The van der Waals surface area contributed by atoms with Gasteiger partial charge in [-0.3, -0.25) is 0 Å². The molecular weight excluding hydrogens is 204 g/mol. The molecule has 1 aromatic heterocycles. The average molecular weight is 224 g/mol. The Morgan fingerprint density at radius 3 is 3.07 bits per heavy atom. The summed E-state index contributed by atoms with van der Waals surface area (Å²) in [5.74, 6) is 0. The van der Waals surface area contributed by atoms with Gasteiger partial charge in [0, 0.05) is 22.8 Å². The van der Waals surface area contributed by atoms with Crippen molar-refractivity contribution in [2.75, 3.05) is 27.2 Å². The van der Waals surface area contributed by atoms with E-state index in [2.05, 4.69) is 30.4 Å². The Labute approximate surface area is 96.3 Å². The Hall–Kier alpha value is -0.380. The standard InChI is InChI=1S/C12H20N2S/c1-14(2)7-3-4-11-8-10-9-13-6-5-12(10)15-11/h8,13H,3-7,9H2,1-2H3.